The summed E-state index contributed by atoms with van der Waals surface area (Å²) in [7, 11) is 0. The van der Waals surface area contributed by atoms with Crippen molar-refractivity contribution in [2.75, 3.05) is 0 Å². The predicted molar refractivity (Wildman–Crippen MR) is 37.1 cm³/mol. The van der Waals surface area contributed by atoms with Crippen molar-refractivity contribution in [2.24, 2.45) is 11.8 Å². The van der Waals surface area contributed by atoms with Crippen molar-refractivity contribution < 1.29 is 8.78 Å². The zero-order chi connectivity index (χ0) is 7.78. The van der Waals surface area contributed by atoms with E-state index in [1.807, 2.05) is 0 Å². The first-order valence-electron chi connectivity index (χ1n) is 3.87. The van der Waals surface area contributed by atoms with E-state index in [0.29, 0.717) is 11.8 Å². The molecular formula is C8H14F2. The van der Waals surface area contributed by atoms with Crippen molar-refractivity contribution in [3.8, 4) is 0 Å². The Morgan fingerprint density at radius 1 is 1.40 bits per heavy atom. The molecule has 0 N–H and O–H groups in total. The number of alkyl halides is 2. The highest BCUT2D eigenvalue weighted by molar-refractivity contribution is 4.86. The Balaban J connectivity index is 2.15. The first kappa shape index (κ1) is 7.96. The lowest BCUT2D eigenvalue weighted by molar-refractivity contribution is -0.114. The summed E-state index contributed by atoms with van der Waals surface area (Å²) in [4.78, 5) is 0. The van der Waals surface area contributed by atoms with E-state index in [1.54, 1.807) is 0 Å². The largest absolute Gasteiger partial charge is 0.248 e. The lowest BCUT2D eigenvalue weighted by Crippen LogP contribution is -2.35. The van der Waals surface area contributed by atoms with Crippen molar-refractivity contribution in [2.45, 2.75) is 39.0 Å². The molecule has 1 aliphatic carbocycles. The molecule has 60 valence electrons. The second kappa shape index (κ2) is 2.48. The second-order valence-electron chi connectivity index (χ2n) is 3.76. The van der Waals surface area contributed by atoms with E-state index in [2.05, 4.69) is 13.8 Å². The summed E-state index contributed by atoms with van der Waals surface area (Å²) >= 11 is 0. The summed E-state index contributed by atoms with van der Waals surface area (Å²) in [5.74, 6) is -1.45. The van der Waals surface area contributed by atoms with E-state index >= 15 is 0 Å². The quantitative estimate of drug-likeness (QED) is 0.564. The molecule has 0 spiro atoms. The van der Waals surface area contributed by atoms with Crippen LogP contribution in [-0.2, 0) is 0 Å². The first-order chi connectivity index (χ1) is 4.49. The highest BCUT2D eigenvalue weighted by Gasteiger charge is 2.44. The van der Waals surface area contributed by atoms with E-state index < -0.39 is 5.92 Å². The first-order valence-corrected chi connectivity index (χ1v) is 3.87. The number of hydrogen-bond donors (Lipinski definition) is 0. The van der Waals surface area contributed by atoms with Gasteiger partial charge in [-0.2, -0.15) is 0 Å². The van der Waals surface area contributed by atoms with Gasteiger partial charge in [-0.05, 0) is 18.3 Å². The maximum Gasteiger partial charge on any atom is 0.248 e. The number of rotatable bonds is 2. The van der Waals surface area contributed by atoms with Gasteiger partial charge < -0.3 is 0 Å². The molecule has 0 aromatic heterocycles. The predicted octanol–water partition coefficient (Wildman–Crippen LogP) is 3.08. The molecule has 1 rings (SSSR count). The molecule has 0 amide bonds. The molecule has 0 saturated heterocycles. The maximum absolute atomic E-state index is 12.2. The lowest BCUT2D eigenvalue weighted by atomic mass is 9.77. The zero-order valence-electron chi connectivity index (χ0n) is 6.53. The minimum Gasteiger partial charge on any atom is -0.207 e. The smallest absolute Gasteiger partial charge is 0.207 e. The molecule has 0 bridgehead atoms. The molecule has 10 heavy (non-hydrogen) atoms. The van der Waals surface area contributed by atoms with Crippen molar-refractivity contribution >= 4 is 0 Å². The monoisotopic (exact) mass is 148 g/mol. The second-order valence-corrected chi connectivity index (χ2v) is 3.76. The summed E-state index contributed by atoms with van der Waals surface area (Å²) in [6, 6.07) is 0. The number of hydrogen-bond acceptors (Lipinski definition) is 0. The van der Waals surface area contributed by atoms with E-state index in [-0.39, 0.29) is 12.8 Å². The molecule has 0 aromatic carbocycles. The highest BCUT2D eigenvalue weighted by atomic mass is 19.3. The molecule has 1 fully saturated rings. The Kier molecular flexibility index (Phi) is 1.97. The van der Waals surface area contributed by atoms with Gasteiger partial charge in [0, 0.05) is 12.8 Å². The summed E-state index contributed by atoms with van der Waals surface area (Å²) in [6.45, 7) is 4.16. The number of halogens is 2. The van der Waals surface area contributed by atoms with Crippen LogP contribution in [0.15, 0.2) is 0 Å². The van der Waals surface area contributed by atoms with Crippen LogP contribution in [0, 0.1) is 11.8 Å². The zero-order valence-corrected chi connectivity index (χ0v) is 6.53. The fourth-order valence-corrected chi connectivity index (χ4v) is 1.62. The van der Waals surface area contributed by atoms with Crippen LogP contribution >= 0.6 is 0 Å². The SMILES string of the molecule is CC(C)CC1CC(F)(F)C1. The summed E-state index contributed by atoms with van der Waals surface area (Å²) in [5.41, 5.74) is 0. The Morgan fingerprint density at radius 2 is 1.90 bits per heavy atom. The van der Waals surface area contributed by atoms with Gasteiger partial charge in [0.1, 0.15) is 0 Å². The van der Waals surface area contributed by atoms with Crippen LogP contribution in [0.4, 0.5) is 8.78 Å². The van der Waals surface area contributed by atoms with Crippen molar-refractivity contribution in [1.29, 1.82) is 0 Å². The minimum absolute atomic E-state index is 0.130. The van der Waals surface area contributed by atoms with Crippen LogP contribution < -0.4 is 0 Å². The van der Waals surface area contributed by atoms with Gasteiger partial charge in [0.15, 0.2) is 0 Å². The van der Waals surface area contributed by atoms with Crippen LogP contribution in [0.25, 0.3) is 0 Å². The standard InChI is InChI=1S/C8H14F2/c1-6(2)3-7-4-8(9,10)5-7/h6-7H,3-5H2,1-2H3. The van der Waals surface area contributed by atoms with Gasteiger partial charge in [-0.25, -0.2) is 8.78 Å². The Labute approximate surface area is 60.6 Å². The average molecular weight is 148 g/mol. The fraction of sp³-hybridized carbons (Fsp3) is 1.00. The summed E-state index contributed by atoms with van der Waals surface area (Å²) in [5, 5.41) is 0. The third-order valence-corrected chi connectivity index (χ3v) is 1.98. The van der Waals surface area contributed by atoms with Gasteiger partial charge in [0.05, 0.1) is 0 Å². The van der Waals surface area contributed by atoms with Gasteiger partial charge in [-0.1, -0.05) is 13.8 Å². The van der Waals surface area contributed by atoms with Gasteiger partial charge in [0.2, 0.25) is 5.92 Å². The van der Waals surface area contributed by atoms with Gasteiger partial charge in [-0.3, -0.25) is 0 Å². The van der Waals surface area contributed by atoms with Crippen LogP contribution in [0.5, 0.6) is 0 Å². The molecule has 0 nitrogen and oxygen atoms in total. The third-order valence-electron chi connectivity index (χ3n) is 1.98. The molecule has 1 aliphatic rings. The van der Waals surface area contributed by atoms with Crippen molar-refractivity contribution in [1.82, 2.24) is 0 Å². The van der Waals surface area contributed by atoms with E-state index in [1.165, 1.54) is 0 Å². The van der Waals surface area contributed by atoms with Gasteiger partial charge >= 0.3 is 0 Å². The molecule has 2 heteroatoms. The topological polar surface area (TPSA) is 0 Å². The molecule has 0 radical (unpaired) electrons. The van der Waals surface area contributed by atoms with E-state index in [0.717, 1.165) is 6.42 Å². The highest BCUT2D eigenvalue weighted by Crippen LogP contribution is 2.45. The van der Waals surface area contributed by atoms with Crippen molar-refractivity contribution in [3.05, 3.63) is 0 Å². The van der Waals surface area contributed by atoms with Crippen LogP contribution in [-0.4, -0.2) is 5.92 Å². The Bertz CT molecular complexity index is 108. The molecule has 0 heterocycles. The molecule has 0 aliphatic heterocycles. The lowest BCUT2D eigenvalue weighted by Gasteiger charge is -2.35. The molecule has 0 aromatic rings. The van der Waals surface area contributed by atoms with E-state index in [9.17, 15) is 8.78 Å². The molecular weight excluding hydrogens is 134 g/mol. The molecule has 0 unspecified atom stereocenters. The van der Waals surface area contributed by atoms with Crippen LogP contribution in [0.1, 0.15) is 33.1 Å². The van der Waals surface area contributed by atoms with Crippen molar-refractivity contribution in [3.63, 3.8) is 0 Å². The normalized spacial score (nSPS) is 24.9. The average Bonchev–Trinajstić information content (AvgIpc) is 1.57. The molecule has 0 atom stereocenters. The molecule has 1 saturated carbocycles. The fourth-order valence-electron chi connectivity index (χ4n) is 1.62. The third kappa shape index (κ3) is 1.93. The summed E-state index contributed by atoms with van der Waals surface area (Å²) < 4.78 is 24.5. The van der Waals surface area contributed by atoms with Crippen LogP contribution in [0.3, 0.4) is 0 Å². The maximum atomic E-state index is 12.2. The Hall–Kier alpha value is -0.140. The Morgan fingerprint density at radius 3 is 2.20 bits per heavy atom. The van der Waals surface area contributed by atoms with Gasteiger partial charge in [-0.15, -0.1) is 0 Å². The van der Waals surface area contributed by atoms with Gasteiger partial charge in [0.25, 0.3) is 0 Å². The van der Waals surface area contributed by atoms with Crippen LogP contribution in [0.2, 0.25) is 0 Å². The van der Waals surface area contributed by atoms with E-state index in [4.69, 9.17) is 0 Å². The summed E-state index contributed by atoms with van der Waals surface area (Å²) in [6.07, 6.45) is 1.23. The minimum atomic E-state index is -2.32.